The van der Waals surface area contributed by atoms with Gasteiger partial charge in [-0.05, 0) is 24.1 Å². The number of nitrogens with two attached hydrogens (primary N) is 1. The third kappa shape index (κ3) is 3.43. The van der Waals surface area contributed by atoms with Gasteiger partial charge in [-0.2, -0.15) is 8.78 Å². The van der Waals surface area contributed by atoms with Crippen LogP contribution in [0, 0.1) is 0 Å². The van der Waals surface area contributed by atoms with Crippen LogP contribution < -0.4 is 10.5 Å². The zero-order valence-corrected chi connectivity index (χ0v) is 8.94. The van der Waals surface area contributed by atoms with Crippen LogP contribution in [0.2, 0.25) is 0 Å². The molecule has 0 aliphatic heterocycles. The van der Waals surface area contributed by atoms with Gasteiger partial charge in [-0.15, -0.1) is 0 Å². The number of hydrogen-bond acceptors (Lipinski definition) is 3. The summed E-state index contributed by atoms with van der Waals surface area (Å²) < 4.78 is 27.9. The second-order valence-corrected chi connectivity index (χ2v) is 3.46. The molecule has 0 amide bonds. The maximum atomic E-state index is 11.9. The summed E-state index contributed by atoms with van der Waals surface area (Å²) in [5.74, 6) is 0.0658. The Balaban J connectivity index is 2.70. The van der Waals surface area contributed by atoms with Crippen LogP contribution in [0.1, 0.15) is 25.0 Å². The Labute approximate surface area is 92.8 Å². The molecule has 2 unspecified atom stereocenters. The highest BCUT2D eigenvalue weighted by Gasteiger charge is 2.15. The number of hydrogen-bond donors (Lipinski definition) is 2. The Morgan fingerprint density at radius 1 is 1.31 bits per heavy atom. The third-order valence-electron chi connectivity index (χ3n) is 2.32. The van der Waals surface area contributed by atoms with Gasteiger partial charge in [0.15, 0.2) is 0 Å². The van der Waals surface area contributed by atoms with E-state index >= 15 is 0 Å². The largest absolute Gasteiger partial charge is 0.435 e. The molecule has 0 aliphatic carbocycles. The number of ether oxygens (including phenoxy) is 1. The van der Waals surface area contributed by atoms with E-state index in [2.05, 4.69) is 4.74 Å². The lowest BCUT2D eigenvalue weighted by Gasteiger charge is -2.17. The third-order valence-corrected chi connectivity index (χ3v) is 2.32. The number of rotatable bonds is 5. The van der Waals surface area contributed by atoms with E-state index in [1.165, 1.54) is 24.3 Å². The SMILES string of the molecule is CCC(N)C(O)c1ccc(OC(F)F)cc1. The van der Waals surface area contributed by atoms with Crippen LogP contribution in [-0.2, 0) is 0 Å². The number of alkyl halides is 2. The number of benzene rings is 1. The van der Waals surface area contributed by atoms with Crippen molar-refractivity contribution in [3.05, 3.63) is 29.8 Å². The first-order chi connectivity index (χ1) is 7.54. The zero-order chi connectivity index (χ0) is 12.1. The fourth-order valence-electron chi connectivity index (χ4n) is 1.32. The molecule has 1 aromatic carbocycles. The highest BCUT2D eigenvalue weighted by atomic mass is 19.3. The van der Waals surface area contributed by atoms with E-state index in [0.717, 1.165) is 0 Å². The summed E-state index contributed by atoms with van der Waals surface area (Å²) in [5, 5.41) is 9.75. The number of halogens is 2. The molecule has 2 atom stereocenters. The smallest absolute Gasteiger partial charge is 0.387 e. The molecule has 3 nitrogen and oxygen atoms in total. The normalized spacial score (nSPS) is 14.9. The van der Waals surface area contributed by atoms with Gasteiger partial charge in [0.25, 0.3) is 0 Å². The molecule has 16 heavy (non-hydrogen) atoms. The van der Waals surface area contributed by atoms with Crippen molar-refractivity contribution in [2.24, 2.45) is 5.73 Å². The lowest BCUT2D eigenvalue weighted by atomic mass is 10.0. The highest BCUT2D eigenvalue weighted by Crippen LogP contribution is 2.21. The van der Waals surface area contributed by atoms with Crippen LogP contribution in [-0.4, -0.2) is 17.8 Å². The van der Waals surface area contributed by atoms with Crippen LogP contribution in [0.15, 0.2) is 24.3 Å². The maximum absolute atomic E-state index is 11.9. The van der Waals surface area contributed by atoms with Gasteiger partial charge in [-0.1, -0.05) is 19.1 Å². The van der Waals surface area contributed by atoms with Crippen molar-refractivity contribution in [2.45, 2.75) is 32.1 Å². The number of aliphatic hydroxyl groups is 1. The Morgan fingerprint density at radius 3 is 2.31 bits per heavy atom. The molecule has 0 saturated heterocycles. The van der Waals surface area contributed by atoms with E-state index in [9.17, 15) is 13.9 Å². The molecule has 0 fully saturated rings. The molecule has 90 valence electrons. The molecule has 0 aliphatic rings. The molecule has 1 rings (SSSR count). The van der Waals surface area contributed by atoms with E-state index in [1.807, 2.05) is 6.92 Å². The second-order valence-electron chi connectivity index (χ2n) is 3.46. The lowest BCUT2D eigenvalue weighted by molar-refractivity contribution is -0.0498. The minimum atomic E-state index is -2.84. The van der Waals surface area contributed by atoms with Crippen molar-refractivity contribution < 1.29 is 18.6 Å². The van der Waals surface area contributed by atoms with E-state index < -0.39 is 12.7 Å². The van der Waals surface area contributed by atoms with Crippen LogP contribution in [0.25, 0.3) is 0 Å². The van der Waals surface area contributed by atoms with E-state index in [0.29, 0.717) is 12.0 Å². The average molecular weight is 231 g/mol. The zero-order valence-electron chi connectivity index (χ0n) is 8.94. The summed E-state index contributed by atoms with van der Waals surface area (Å²) in [6, 6.07) is 5.46. The minimum Gasteiger partial charge on any atom is -0.435 e. The summed E-state index contributed by atoms with van der Waals surface area (Å²) in [5.41, 5.74) is 6.26. The predicted molar refractivity (Wildman–Crippen MR) is 56.3 cm³/mol. The minimum absolute atomic E-state index is 0.0658. The van der Waals surface area contributed by atoms with Gasteiger partial charge >= 0.3 is 6.61 Å². The van der Waals surface area contributed by atoms with Crippen molar-refractivity contribution in [3.63, 3.8) is 0 Å². The van der Waals surface area contributed by atoms with Crippen molar-refractivity contribution in [3.8, 4) is 5.75 Å². The summed E-state index contributed by atoms with van der Waals surface area (Å²) in [6.07, 6.45) is -0.151. The Morgan fingerprint density at radius 2 is 1.88 bits per heavy atom. The monoisotopic (exact) mass is 231 g/mol. The molecule has 0 heterocycles. The predicted octanol–water partition coefficient (Wildman–Crippen LogP) is 2.06. The van der Waals surface area contributed by atoms with Crippen molar-refractivity contribution in [1.82, 2.24) is 0 Å². The van der Waals surface area contributed by atoms with Gasteiger partial charge in [0.05, 0.1) is 6.10 Å². The highest BCUT2D eigenvalue weighted by molar-refractivity contribution is 5.29. The quantitative estimate of drug-likeness (QED) is 0.815. The van der Waals surface area contributed by atoms with Gasteiger partial charge < -0.3 is 15.6 Å². The Bertz CT molecular complexity index is 316. The van der Waals surface area contributed by atoms with Crippen molar-refractivity contribution in [2.75, 3.05) is 0 Å². The Hall–Kier alpha value is -1.20. The van der Waals surface area contributed by atoms with E-state index in [1.54, 1.807) is 0 Å². The van der Waals surface area contributed by atoms with Gasteiger partial charge in [0.2, 0.25) is 0 Å². The van der Waals surface area contributed by atoms with Gasteiger partial charge in [0.1, 0.15) is 5.75 Å². The fraction of sp³-hybridized carbons (Fsp3) is 0.455. The first-order valence-corrected chi connectivity index (χ1v) is 5.03. The van der Waals surface area contributed by atoms with Gasteiger partial charge in [-0.3, -0.25) is 0 Å². The molecule has 1 aromatic rings. The molecular weight excluding hydrogens is 216 g/mol. The van der Waals surface area contributed by atoms with Crippen molar-refractivity contribution in [1.29, 1.82) is 0 Å². The van der Waals surface area contributed by atoms with Gasteiger partial charge in [-0.25, -0.2) is 0 Å². The van der Waals surface area contributed by atoms with E-state index in [-0.39, 0.29) is 11.8 Å². The Kier molecular flexibility index (Phi) is 4.64. The first kappa shape index (κ1) is 12.9. The first-order valence-electron chi connectivity index (χ1n) is 5.03. The lowest BCUT2D eigenvalue weighted by Crippen LogP contribution is -2.27. The van der Waals surface area contributed by atoms with Crippen LogP contribution in [0.5, 0.6) is 5.75 Å². The maximum Gasteiger partial charge on any atom is 0.387 e. The molecule has 5 heteroatoms. The molecule has 0 spiro atoms. The molecule has 0 saturated carbocycles. The fourth-order valence-corrected chi connectivity index (χ4v) is 1.32. The summed E-state index contributed by atoms with van der Waals surface area (Å²) in [4.78, 5) is 0. The average Bonchev–Trinajstić information content (AvgIpc) is 2.27. The molecular formula is C11H15F2NO2. The van der Waals surface area contributed by atoms with E-state index in [4.69, 9.17) is 5.73 Å². The van der Waals surface area contributed by atoms with Crippen LogP contribution in [0.3, 0.4) is 0 Å². The van der Waals surface area contributed by atoms with Gasteiger partial charge in [0, 0.05) is 6.04 Å². The second kappa shape index (κ2) is 5.77. The summed E-state index contributed by atoms with van der Waals surface area (Å²) >= 11 is 0. The standard InChI is InChI=1S/C11H15F2NO2/c1-2-9(14)10(15)7-3-5-8(6-4-7)16-11(12)13/h3-6,9-11,15H,2,14H2,1H3. The number of aliphatic hydroxyl groups excluding tert-OH is 1. The molecule has 3 N–H and O–H groups in total. The topological polar surface area (TPSA) is 55.5 Å². The molecule has 0 radical (unpaired) electrons. The van der Waals surface area contributed by atoms with Crippen LogP contribution >= 0.6 is 0 Å². The summed E-state index contributed by atoms with van der Waals surface area (Å²) in [7, 11) is 0. The molecule has 0 aromatic heterocycles. The van der Waals surface area contributed by atoms with Crippen molar-refractivity contribution >= 4 is 0 Å². The summed E-state index contributed by atoms with van der Waals surface area (Å²) in [6.45, 7) is -0.976. The molecule has 0 bridgehead atoms. The van der Waals surface area contributed by atoms with Crippen LogP contribution in [0.4, 0.5) is 8.78 Å².